The van der Waals surface area contributed by atoms with Crippen LogP contribution in [0.25, 0.3) is 6.08 Å². The number of nitrogens with one attached hydrogen (secondary N) is 3. The summed E-state index contributed by atoms with van der Waals surface area (Å²) in [4.78, 5) is 42.6. The van der Waals surface area contributed by atoms with Crippen LogP contribution >= 0.6 is 0 Å². The number of rotatable bonds is 8. The lowest BCUT2D eigenvalue weighted by Gasteiger charge is -2.32. The average Bonchev–Trinajstić information content (AvgIpc) is 2.89. The summed E-state index contributed by atoms with van der Waals surface area (Å²) < 4.78 is 6.43. The van der Waals surface area contributed by atoms with Crippen LogP contribution in [0, 0.1) is 11.8 Å². The SMILES string of the molecule is CC(C)C[C@H]1NC(=O)[C@H](NC(=O)[C@H](CC(C)C)N(C)C)[C@@H](c2ccccc2)Oc2ccc(cc2)C=CNC1=O. The van der Waals surface area contributed by atoms with Crippen LogP contribution in [-0.2, 0) is 14.4 Å². The Morgan fingerprint density at radius 2 is 1.62 bits per heavy atom. The van der Waals surface area contributed by atoms with E-state index < -0.39 is 30.1 Å². The van der Waals surface area contributed by atoms with Crippen molar-refractivity contribution in [1.82, 2.24) is 20.9 Å². The van der Waals surface area contributed by atoms with Crippen LogP contribution in [0.1, 0.15) is 57.8 Å². The van der Waals surface area contributed by atoms with E-state index in [4.69, 9.17) is 4.74 Å². The minimum absolute atomic E-state index is 0.147. The topological polar surface area (TPSA) is 99.8 Å². The molecule has 2 aromatic rings. The molecule has 4 atom stereocenters. The molecule has 0 radical (unpaired) electrons. The highest BCUT2D eigenvalue weighted by atomic mass is 16.5. The van der Waals surface area contributed by atoms with Crippen molar-refractivity contribution in [2.24, 2.45) is 11.8 Å². The number of hydrogen-bond donors (Lipinski definition) is 3. The van der Waals surface area contributed by atoms with E-state index in [9.17, 15) is 14.4 Å². The number of hydrogen-bond acceptors (Lipinski definition) is 5. The Balaban J connectivity index is 2.10. The van der Waals surface area contributed by atoms with Gasteiger partial charge in [0.15, 0.2) is 6.10 Å². The minimum atomic E-state index is -1.10. The first-order valence-corrected chi connectivity index (χ1v) is 13.6. The summed E-state index contributed by atoms with van der Waals surface area (Å²) in [6.07, 6.45) is 3.57. The van der Waals surface area contributed by atoms with Gasteiger partial charge in [0.05, 0.1) is 6.04 Å². The van der Waals surface area contributed by atoms with Crippen molar-refractivity contribution in [2.45, 2.75) is 64.8 Å². The molecule has 2 aliphatic heterocycles. The zero-order valence-electron chi connectivity index (χ0n) is 23.8. The molecule has 8 nitrogen and oxygen atoms in total. The zero-order chi connectivity index (χ0) is 28.5. The predicted octanol–water partition coefficient (Wildman–Crippen LogP) is 3.90. The number of carbonyl (C=O) groups is 3. The summed E-state index contributed by atoms with van der Waals surface area (Å²) in [5.74, 6) is -0.114. The molecule has 0 fully saturated rings. The molecule has 210 valence electrons. The van der Waals surface area contributed by atoms with Crippen molar-refractivity contribution in [3.05, 3.63) is 71.9 Å². The van der Waals surface area contributed by atoms with E-state index in [0.717, 1.165) is 11.1 Å². The standard InChI is InChI=1S/C31H42N4O4/c1-20(2)18-25-29(36)32-17-16-22-12-14-24(15-13-22)39-28(23-10-8-7-9-11-23)27(31(38)33-25)34-30(37)26(35(5)6)19-21(3)4/h7-17,20-21,25-28H,18-19H2,1-6H3,(H,32,36)(H,33,38)(H,34,37)/t25-,26+,27-,28-/m1/s1. The molecular formula is C31H42N4O4. The van der Waals surface area contributed by atoms with Gasteiger partial charge in [0.25, 0.3) is 0 Å². The summed E-state index contributed by atoms with van der Waals surface area (Å²) in [7, 11) is 3.70. The minimum Gasteiger partial charge on any atom is -0.483 e. The Morgan fingerprint density at radius 3 is 2.21 bits per heavy atom. The molecule has 2 aromatic carbocycles. The number of amides is 3. The molecule has 2 bridgehead atoms. The fraction of sp³-hybridized carbons (Fsp3) is 0.452. The number of fused-ring (bicyclic) bond motifs is 10. The van der Waals surface area contributed by atoms with Crippen molar-refractivity contribution >= 4 is 23.8 Å². The largest absolute Gasteiger partial charge is 0.483 e. The van der Waals surface area contributed by atoms with E-state index in [1.807, 2.05) is 87.4 Å². The van der Waals surface area contributed by atoms with Crippen LogP contribution in [0.2, 0.25) is 0 Å². The summed E-state index contributed by atoms with van der Waals surface area (Å²) in [5, 5.41) is 8.71. The Hall–Kier alpha value is -3.65. The second-order valence-electron chi connectivity index (χ2n) is 11.1. The fourth-order valence-corrected chi connectivity index (χ4v) is 4.59. The van der Waals surface area contributed by atoms with Crippen LogP contribution in [0.3, 0.4) is 0 Å². The molecule has 0 spiro atoms. The van der Waals surface area contributed by atoms with Gasteiger partial charge in [-0.3, -0.25) is 19.3 Å². The third kappa shape index (κ3) is 8.68. The summed E-state index contributed by atoms with van der Waals surface area (Å²) in [6, 6.07) is 14.4. The van der Waals surface area contributed by atoms with Gasteiger partial charge in [-0.2, -0.15) is 0 Å². The summed E-state index contributed by atoms with van der Waals surface area (Å²) >= 11 is 0. The molecule has 2 heterocycles. The van der Waals surface area contributed by atoms with Crippen molar-refractivity contribution in [3.8, 4) is 5.75 Å². The normalized spacial score (nSPS) is 20.8. The monoisotopic (exact) mass is 534 g/mol. The molecule has 4 rings (SSSR count). The number of nitrogens with zero attached hydrogens (tertiary/aromatic N) is 1. The lowest BCUT2D eigenvalue weighted by Crippen LogP contribution is -2.58. The van der Waals surface area contributed by atoms with Gasteiger partial charge in [-0.05, 0) is 68.1 Å². The fourth-order valence-electron chi connectivity index (χ4n) is 4.59. The first kappa shape index (κ1) is 29.9. The van der Waals surface area contributed by atoms with Gasteiger partial charge in [-0.1, -0.05) is 70.2 Å². The molecule has 2 aliphatic rings. The maximum atomic E-state index is 14.0. The van der Waals surface area contributed by atoms with E-state index in [1.165, 1.54) is 0 Å². The average molecular weight is 535 g/mol. The first-order valence-electron chi connectivity index (χ1n) is 13.6. The first-order chi connectivity index (χ1) is 18.5. The molecule has 3 amide bonds. The maximum absolute atomic E-state index is 14.0. The highest BCUT2D eigenvalue weighted by Crippen LogP contribution is 2.27. The maximum Gasteiger partial charge on any atom is 0.247 e. The van der Waals surface area contributed by atoms with E-state index in [-0.39, 0.29) is 23.7 Å². The molecule has 0 saturated carbocycles. The zero-order valence-corrected chi connectivity index (χ0v) is 23.8. The Bertz CT molecular complexity index is 1130. The number of carbonyl (C=O) groups excluding carboxylic acids is 3. The van der Waals surface area contributed by atoms with Crippen LogP contribution in [-0.4, -0.2) is 54.8 Å². The molecule has 0 saturated heterocycles. The molecule has 39 heavy (non-hydrogen) atoms. The molecule has 0 aromatic heterocycles. The van der Waals surface area contributed by atoms with Gasteiger partial charge in [0.2, 0.25) is 17.7 Å². The van der Waals surface area contributed by atoms with E-state index in [1.54, 1.807) is 12.3 Å². The van der Waals surface area contributed by atoms with Crippen LogP contribution in [0.15, 0.2) is 60.8 Å². The Morgan fingerprint density at radius 1 is 0.949 bits per heavy atom. The van der Waals surface area contributed by atoms with Crippen LogP contribution in [0.4, 0.5) is 0 Å². The second kappa shape index (κ2) is 13.9. The van der Waals surface area contributed by atoms with E-state index >= 15 is 0 Å². The highest BCUT2D eigenvalue weighted by Gasteiger charge is 2.37. The van der Waals surface area contributed by atoms with Crippen molar-refractivity contribution in [2.75, 3.05) is 14.1 Å². The van der Waals surface area contributed by atoms with Gasteiger partial charge in [0.1, 0.15) is 17.8 Å². The smallest absolute Gasteiger partial charge is 0.247 e. The predicted molar refractivity (Wildman–Crippen MR) is 154 cm³/mol. The van der Waals surface area contributed by atoms with E-state index in [2.05, 4.69) is 29.8 Å². The number of ether oxygens (including phenoxy) is 1. The van der Waals surface area contributed by atoms with Gasteiger partial charge in [-0.15, -0.1) is 0 Å². The van der Waals surface area contributed by atoms with Crippen LogP contribution in [0.5, 0.6) is 5.75 Å². The van der Waals surface area contributed by atoms with E-state index in [0.29, 0.717) is 18.6 Å². The lowest BCUT2D eigenvalue weighted by molar-refractivity contribution is -0.136. The van der Waals surface area contributed by atoms with Gasteiger partial charge >= 0.3 is 0 Å². The van der Waals surface area contributed by atoms with Crippen molar-refractivity contribution in [3.63, 3.8) is 0 Å². The molecule has 3 N–H and O–H groups in total. The Kier molecular flexibility index (Phi) is 10.7. The quantitative estimate of drug-likeness (QED) is 0.477. The third-order valence-corrected chi connectivity index (χ3v) is 6.62. The van der Waals surface area contributed by atoms with Crippen molar-refractivity contribution in [1.29, 1.82) is 0 Å². The highest BCUT2D eigenvalue weighted by molar-refractivity contribution is 5.94. The number of likely N-dealkylation sites (N-methyl/N-ethyl adjacent to an activating group) is 1. The van der Waals surface area contributed by atoms with Crippen molar-refractivity contribution < 1.29 is 19.1 Å². The summed E-state index contributed by atoms with van der Waals surface area (Å²) in [6.45, 7) is 8.09. The van der Waals surface area contributed by atoms with Gasteiger partial charge in [-0.25, -0.2) is 0 Å². The number of benzene rings is 2. The summed E-state index contributed by atoms with van der Waals surface area (Å²) in [5.41, 5.74) is 1.61. The molecule has 8 heteroatoms. The molecular weight excluding hydrogens is 492 g/mol. The molecule has 0 unspecified atom stereocenters. The van der Waals surface area contributed by atoms with Crippen LogP contribution < -0.4 is 20.7 Å². The van der Waals surface area contributed by atoms with Gasteiger partial charge < -0.3 is 20.7 Å². The lowest BCUT2D eigenvalue weighted by atomic mass is 9.97. The molecule has 0 aliphatic carbocycles. The third-order valence-electron chi connectivity index (χ3n) is 6.62. The Labute approximate surface area is 232 Å². The van der Waals surface area contributed by atoms with Gasteiger partial charge in [0, 0.05) is 6.20 Å². The second-order valence-corrected chi connectivity index (χ2v) is 11.1.